The molecule has 140 valence electrons. The van der Waals surface area contributed by atoms with Gasteiger partial charge in [0.1, 0.15) is 5.56 Å². The number of amides is 1. The first kappa shape index (κ1) is 17.7. The van der Waals surface area contributed by atoms with Gasteiger partial charge in [-0.05, 0) is 43.2 Å². The Kier molecular flexibility index (Phi) is 4.76. The van der Waals surface area contributed by atoms with Crippen LogP contribution in [0.5, 0.6) is 0 Å². The third-order valence-electron chi connectivity index (χ3n) is 4.70. The number of aryl methyl sites for hydroxylation is 2. The first-order valence-corrected chi connectivity index (χ1v) is 9.12. The molecular formula is C22H21N5O. The average Bonchev–Trinajstić information content (AvgIpc) is 3.04. The summed E-state index contributed by atoms with van der Waals surface area (Å²) in [5, 5.41) is 10.8. The molecule has 0 aliphatic carbocycles. The lowest BCUT2D eigenvalue weighted by Gasteiger charge is -2.14. The summed E-state index contributed by atoms with van der Waals surface area (Å²) in [6.45, 7) is 4.58. The topological polar surface area (TPSA) is 71.3 Å². The molecule has 1 amide bonds. The van der Waals surface area contributed by atoms with Gasteiger partial charge in [0.15, 0.2) is 5.65 Å². The molecule has 2 aromatic heterocycles. The van der Waals surface area contributed by atoms with Crippen LogP contribution >= 0.6 is 0 Å². The van der Waals surface area contributed by atoms with Gasteiger partial charge in [0.2, 0.25) is 0 Å². The van der Waals surface area contributed by atoms with E-state index in [9.17, 15) is 4.79 Å². The van der Waals surface area contributed by atoms with Gasteiger partial charge >= 0.3 is 0 Å². The lowest BCUT2D eigenvalue weighted by molar-refractivity contribution is 0.102. The minimum Gasteiger partial charge on any atom is -0.379 e. The fraction of sp³-hybridized carbons (Fsp3) is 0.136. The lowest BCUT2D eigenvalue weighted by Crippen LogP contribution is -2.15. The highest BCUT2D eigenvalue weighted by Crippen LogP contribution is 2.24. The molecule has 0 bridgehead atoms. The van der Waals surface area contributed by atoms with Crippen molar-refractivity contribution in [3.05, 3.63) is 89.4 Å². The molecule has 0 aliphatic rings. The monoisotopic (exact) mass is 371 g/mol. The van der Waals surface area contributed by atoms with Crippen molar-refractivity contribution < 1.29 is 4.79 Å². The first-order chi connectivity index (χ1) is 13.6. The van der Waals surface area contributed by atoms with Gasteiger partial charge in [-0.3, -0.25) is 4.79 Å². The molecule has 6 heteroatoms. The third-order valence-corrected chi connectivity index (χ3v) is 4.70. The van der Waals surface area contributed by atoms with Crippen molar-refractivity contribution in [2.75, 3.05) is 10.6 Å². The molecule has 4 aromatic rings. The van der Waals surface area contributed by atoms with Crippen LogP contribution in [0.3, 0.4) is 0 Å². The SMILES string of the molecule is Cc1ccccc1CNc1ccccc1NC(=O)c1c(C)nn2cccnc12. The van der Waals surface area contributed by atoms with Crippen LogP contribution in [0.2, 0.25) is 0 Å². The predicted molar refractivity (Wildman–Crippen MR) is 111 cm³/mol. The maximum Gasteiger partial charge on any atom is 0.261 e. The number of anilines is 2. The average molecular weight is 371 g/mol. The summed E-state index contributed by atoms with van der Waals surface area (Å²) in [5.41, 5.74) is 5.69. The van der Waals surface area contributed by atoms with Crippen molar-refractivity contribution in [1.29, 1.82) is 0 Å². The Hall–Kier alpha value is -3.67. The van der Waals surface area contributed by atoms with Gasteiger partial charge in [-0.2, -0.15) is 5.10 Å². The number of hydrogen-bond donors (Lipinski definition) is 2. The number of carbonyl (C=O) groups excluding carboxylic acids is 1. The van der Waals surface area contributed by atoms with E-state index in [1.807, 2.05) is 43.3 Å². The second-order valence-electron chi connectivity index (χ2n) is 6.63. The number of hydrogen-bond acceptors (Lipinski definition) is 4. The highest BCUT2D eigenvalue weighted by atomic mass is 16.1. The number of carbonyl (C=O) groups is 1. The van der Waals surface area contributed by atoms with E-state index in [-0.39, 0.29) is 5.91 Å². The lowest BCUT2D eigenvalue weighted by atomic mass is 10.1. The largest absolute Gasteiger partial charge is 0.379 e. The summed E-state index contributed by atoms with van der Waals surface area (Å²) in [6, 6.07) is 17.7. The number of nitrogens with zero attached hydrogens (tertiary/aromatic N) is 3. The second-order valence-corrected chi connectivity index (χ2v) is 6.63. The number of aromatic nitrogens is 3. The molecule has 0 aliphatic heterocycles. The first-order valence-electron chi connectivity index (χ1n) is 9.12. The maximum absolute atomic E-state index is 13.0. The zero-order chi connectivity index (χ0) is 19.5. The van der Waals surface area contributed by atoms with Crippen molar-refractivity contribution in [3.8, 4) is 0 Å². The molecule has 0 atom stereocenters. The van der Waals surface area contributed by atoms with Crippen LogP contribution in [0, 0.1) is 13.8 Å². The Balaban J connectivity index is 1.57. The quantitative estimate of drug-likeness (QED) is 0.551. The Bertz CT molecular complexity index is 1150. The molecule has 0 spiro atoms. The summed E-state index contributed by atoms with van der Waals surface area (Å²) >= 11 is 0. The number of para-hydroxylation sites is 2. The zero-order valence-electron chi connectivity index (χ0n) is 15.8. The van der Waals surface area contributed by atoms with E-state index < -0.39 is 0 Å². The molecule has 0 radical (unpaired) electrons. The van der Waals surface area contributed by atoms with Crippen LogP contribution in [0.1, 0.15) is 27.2 Å². The van der Waals surface area contributed by atoms with E-state index >= 15 is 0 Å². The zero-order valence-corrected chi connectivity index (χ0v) is 15.8. The van der Waals surface area contributed by atoms with Gasteiger partial charge in [-0.15, -0.1) is 0 Å². The molecule has 0 fully saturated rings. The highest BCUT2D eigenvalue weighted by molar-refractivity contribution is 6.10. The maximum atomic E-state index is 13.0. The molecule has 0 saturated carbocycles. The number of benzene rings is 2. The van der Waals surface area contributed by atoms with Gasteiger partial charge < -0.3 is 10.6 Å². The number of nitrogens with one attached hydrogen (secondary N) is 2. The van der Waals surface area contributed by atoms with Crippen LogP contribution in [-0.2, 0) is 6.54 Å². The van der Waals surface area contributed by atoms with Crippen LogP contribution in [0.15, 0.2) is 67.0 Å². The van der Waals surface area contributed by atoms with Crippen molar-refractivity contribution in [1.82, 2.24) is 14.6 Å². The van der Waals surface area contributed by atoms with E-state index in [1.54, 1.807) is 23.0 Å². The van der Waals surface area contributed by atoms with Gasteiger partial charge in [0.25, 0.3) is 5.91 Å². The summed E-state index contributed by atoms with van der Waals surface area (Å²) in [4.78, 5) is 17.3. The molecule has 28 heavy (non-hydrogen) atoms. The molecule has 2 aromatic carbocycles. The van der Waals surface area contributed by atoms with Crippen LogP contribution in [0.25, 0.3) is 5.65 Å². The van der Waals surface area contributed by atoms with Crippen molar-refractivity contribution in [2.24, 2.45) is 0 Å². The van der Waals surface area contributed by atoms with Crippen LogP contribution < -0.4 is 10.6 Å². The van der Waals surface area contributed by atoms with E-state index in [4.69, 9.17) is 0 Å². The van der Waals surface area contributed by atoms with Gasteiger partial charge in [0, 0.05) is 18.9 Å². The van der Waals surface area contributed by atoms with E-state index in [1.165, 1.54) is 11.1 Å². The second kappa shape index (κ2) is 7.52. The smallest absolute Gasteiger partial charge is 0.261 e. The molecule has 2 heterocycles. The molecule has 0 saturated heterocycles. The van der Waals surface area contributed by atoms with E-state index in [0.29, 0.717) is 23.4 Å². The number of fused-ring (bicyclic) bond motifs is 1. The third kappa shape index (κ3) is 3.44. The summed E-state index contributed by atoms with van der Waals surface area (Å²) in [5.74, 6) is -0.226. The highest BCUT2D eigenvalue weighted by Gasteiger charge is 2.19. The molecular weight excluding hydrogens is 350 g/mol. The fourth-order valence-electron chi connectivity index (χ4n) is 3.19. The van der Waals surface area contributed by atoms with E-state index in [2.05, 4.69) is 39.8 Å². The van der Waals surface area contributed by atoms with Gasteiger partial charge in [-0.1, -0.05) is 36.4 Å². The van der Waals surface area contributed by atoms with Crippen molar-refractivity contribution in [3.63, 3.8) is 0 Å². The van der Waals surface area contributed by atoms with Gasteiger partial charge in [-0.25, -0.2) is 9.50 Å². The Morgan fingerprint density at radius 3 is 2.57 bits per heavy atom. The fourth-order valence-corrected chi connectivity index (χ4v) is 3.19. The number of rotatable bonds is 5. The van der Waals surface area contributed by atoms with Gasteiger partial charge in [0.05, 0.1) is 17.1 Å². The normalized spacial score (nSPS) is 10.8. The predicted octanol–water partition coefficient (Wildman–Crippen LogP) is 4.21. The molecule has 4 rings (SSSR count). The Morgan fingerprint density at radius 1 is 1.00 bits per heavy atom. The molecule has 6 nitrogen and oxygen atoms in total. The summed E-state index contributed by atoms with van der Waals surface area (Å²) < 4.78 is 1.62. The van der Waals surface area contributed by atoms with Crippen molar-refractivity contribution in [2.45, 2.75) is 20.4 Å². The summed E-state index contributed by atoms with van der Waals surface area (Å²) in [6.07, 6.45) is 3.44. The van der Waals surface area contributed by atoms with Crippen molar-refractivity contribution >= 4 is 22.9 Å². The van der Waals surface area contributed by atoms with E-state index in [0.717, 1.165) is 11.4 Å². The standard InChI is InChI=1S/C22H21N5O/c1-15-8-3-4-9-17(15)14-24-18-10-5-6-11-19(18)25-22(28)20-16(2)26-27-13-7-12-23-21(20)27/h3-13,24H,14H2,1-2H3,(H,25,28). The van der Waals surface area contributed by atoms with Crippen LogP contribution in [0.4, 0.5) is 11.4 Å². The molecule has 0 unspecified atom stereocenters. The minimum absolute atomic E-state index is 0.226. The minimum atomic E-state index is -0.226. The Labute approximate surface area is 163 Å². The molecule has 2 N–H and O–H groups in total. The Morgan fingerprint density at radius 2 is 1.75 bits per heavy atom. The van der Waals surface area contributed by atoms with Crippen LogP contribution in [-0.4, -0.2) is 20.5 Å². The summed E-state index contributed by atoms with van der Waals surface area (Å²) in [7, 11) is 0.